The minimum Gasteiger partial charge on any atom is -0.373 e. The summed E-state index contributed by atoms with van der Waals surface area (Å²) in [4.78, 5) is 30.5. The average molecular weight is 488 g/mol. The van der Waals surface area contributed by atoms with Crippen LogP contribution in [-0.2, 0) is 17.9 Å². The van der Waals surface area contributed by atoms with E-state index in [1.54, 1.807) is 0 Å². The Labute approximate surface area is 195 Å². The highest BCUT2D eigenvalue weighted by molar-refractivity contribution is 5.98. The lowest BCUT2D eigenvalue weighted by molar-refractivity contribution is 0.0316. The Morgan fingerprint density at radius 1 is 1.09 bits per heavy atom. The molecule has 3 heterocycles. The van der Waals surface area contributed by atoms with Crippen LogP contribution in [0.15, 0.2) is 35.1 Å². The fraction of sp³-hybridized carbons (Fsp3) is 0.250. The van der Waals surface area contributed by atoms with E-state index in [0.29, 0.717) is 16.6 Å². The van der Waals surface area contributed by atoms with E-state index < -0.39 is 40.8 Å². The first-order valence-corrected chi connectivity index (χ1v) is 10.8. The van der Waals surface area contributed by atoms with Gasteiger partial charge in [-0.05, 0) is 29.7 Å². The predicted octanol–water partition coefficient (Wildman–Crippen LogP) is 3.34. The third-order valence-corrected chi connectivity index (χ3v) is 6.34. The van der Waals surface area contributed by atoms with Crippen molar-refractivity contribution < 1.29 is 27.1 Å². The number of benzene rings is 2. The number of aromatic nitrogens is 2. The number of H-pyrrole nitrogens is 1. The Morgan fingerprint density at radius 2 is 1.74 bits per heavy atom. The van der Waals surface area contributed by atoms with Crippen molar-refractivity contribution in [3.63, 3.8) is 0 Å². The van der Waals surface area contributed by atoms with Crippen LogP contribution in [0, 0.1) is 23.3 Å². The second-order valence-corrected chi connectivity index (χ2v) is 8.40. The summed E-state index contributed by atoms with van der Waals surface area (Å²) in [5.74, 6) is -4.93. The van der Waals surface area contributed by atoms with Crippen LogP contribution in [-0.4, -0.2) is 40.6 Å². The molecule has 5 rings (SSSR count). The number of ether oxygens (including phenoxy) is 1. The van der Waals surface area contributed by atoms with Crippen LogP contribution in [0.1, 0.15) is 27.8 Å². The van der Waals surface area contributed by atoms with E-state index >= 15 is 0 Å². The summed E-state index contributed by atoms with van der Waals surface area (Å²) in [6.07, 6.45) is 0. The summed E-state index contributed by atoms with van der Waals surface area (Å²) in [5, 5.41) is 0.437. The molecule has 182 valence electrons. The summed E-state index contributed by atoms with van der Waals surface area (Å²) in [6.45, 7) is 0.267. The SMILES string of the molecule is CN(C(=O)c1cc2cc(F)c(F)cc2[nH]1)[C@H]1COCc2c1c1cc(F)c(F)cc1c(=O)n2CCN. The number of carbonyl (C=O) groups is 1. The van der Waals surface area contributed by atoms with Gasteiger partial charge in [0.15, 0.2) is 23.3 Å². The van der Waals surface area contributed by atoms with Crippen LogP contribution >= 0.6 is 0 Å². The molecule has 0 spiro atoms. The first kappa shape index (κ1) is 23.1. The minimum atomic E-state index is -1.17. The molecule has 1 amide bonds. The van der Waals surface area contributed by atoms with Gasteiger partial charge < -0.3 is 24.9 Å². The Bertz CT molecular complexity index is 1520. The van der Waals surface area contributed by atoms with Gasteiger partial charge in [0.25, 0.3) is 11.5 Å². The van der Waals surface area contributed by atoms with Crippen molar-refractivity contribution in [1.82, 2.24) is 14.5 Å². The highest BCUT2D eigenvalue weighted by Crippen LogP contribution is 2.35. The molecule has 0 saturated heterocycles. The zero-order valence-electron chi connectivity index (χ0n) is 18.5. The molecule has 2 aromatic heterocycles. The number of rotatable bonds is 4. The number of fused-ring (bicyclic) bond motifs is 4. The van der Waals surface area contributed by atoms with Crippen LogP contribution in [0.5, 0.6) is 0 Å². The zero-order valence-corrected chi connectivity index (χ0v) is 18.5. The zero-order chi connectivity index (χ0) is 25.0. The van der Waals surface area contributed by atoms with Gasteiger partial charge in [0, 0.05) is 42.7 Å². The van der Waals surface area contributed by atoms with Crippen molar-refractivity contribution in [2.24, 2.45) is 5.73 Å². The monoisotopic (exact) mass is 488 g/mol. The lowest BCUT2D eigenvalue weighted by Crippen LogP contribution is -2.40. The summed E-state index contributed by atoms with van der Waals surface area (Å²) in [7, 11) is 1.49. The van der Waals surface area contributed by atoms with Crippen molar-refractivity contribution in [2.75, 3.05) is 20.2 Å². The van der Waals surface area contributed by atoms with Crippen molar-refractivity contribution in [2.45, 2.75) is 19.2 Å². The molecule has 0 radical (unpaired) electrons. The van der Waals surface area contributed by atoms with Gasteiger partial charge >= 0.3 is 0 Å². The summed E-state index contributed by atoms with van der Waals surface area (Å²) < 4.78 is 62.6. The number of halogens is 4. The number of likely N-dealkylation sites (N-methyl/N-ethyl adjacent to an activating group) is 1. The molecule has 35 heavy (non-hydrogen) atoms. The van der Waals surface area contributed by atoms with E-state index in [1.807, 2.05) is 0 Å². The maximum absolute atomic E-state index is 14.3. The number of hydrogen-bond donors (Lipinski definition) is 2. The van der Waals surface area contributed by atoms with Crippen LogP contribution in [0.2, 0.25) is 0 Å². The highest BCUT2D eigenvalue weighted by Gasteiger charge is 2.33. The maximum atomic E-state index is 14.3. The van der Waals surface area contributed by atoms with E-state index in [2.05, 4.69) is 4.98 Å². The molecular weight excluding hydrogens is 468 g/mol. The van der Waals surface area contributed by atoms with E-state index in [9.17, 15) is 27.2 Å². The van der Waals surface area contributed by atoms with Gasteiger partial charge in [0.1, 0.15) is 5.69 Å². The lowest BCUT2D eigenvalue weighted by atomic mass is 9.94. The normalized spacial score (nSPS) is 15.5. The molecule has 0 unspecified atom stereocenters. The molecule has 0 bridgehead atoms. The maximum Gasteiger partial charge on any atom is 0.270 e. The minimum absolute atomic E-state index is 0.0168. The number of hydrogen-bond acceptors (Lipinski definition) is 4. The van der Waals surface area contributed by atoms with E-state index in [4.69, 9.17) is 10.5 Å². The smallest absolute Gasteiger partial charge is 0.270 e. The fourth-order valence-electron chi connectivity index (χ4n) is 4.64. The molecule has 1 aliphatic heterocycles. The van der Waals surface area contributed by atoms with E-state index in [-0.39, 0.29) is 48.3 Å². The number of aromatic amines is 1. The number of pyridine rings is 1. The van der Waals surface area contributed by atoms with Gasteiger partial charge in [-0.15, -0.1) is 0 Å². The molecule has 7 nitrogen and oxygen atoms in total. The van der Waals surface area contributed by atoms with Gasteiger partial charge in [-0.3, -0.25) is 9.59 Å². The Hall–Kier alpha value is -3.70. The fourth-order valence-corrected chi connectivity index (χ4v) is 4.64. The molecule has 3 N–H and O–H groups in total. The third-order valence-electron chi connectivity index (χ3n) is 6.34. The van der Waals surface area contributed by atoms with Crippen LogP contribution < -0.4 is 11.3 Å². The van der Waals surface area contributed by atoms with Gasteiger partial charge in [-0.1, -0.05) is 0 Å². The van der Waals surface area contributed by atoms with Crippen molar-refractivity contribution >= 4 is 27.6 Å². The molecule has 0 fully saturated rings. The molecule has 1 aliphatic rings. The van der Waals surface area contributed by atoms with E-state index in [0.717, 1.165) is 24.3 Å². The summed E-state index contributed by atoms with van der Waals surface area (Å²) in [5.41, 5.74) is 6.30. The van der Waals surface area contributed by atoms with Crippen molar-refractivity contribution in [3.05, 3.63) is 80.9 Å². The number of amides is 1. The molecule has 4 aromatic rings. The number of nitrogens with zero attached hydrogens (tertiary/aromatic N) is 2. The van der Waals surface area contributed by atoms with Gasteiger partial charge in [0.2, 0.25) is 0 Å². The van der Waals surface area contributed by atoms with Crippen LogP contribution in [0.25, 0.3) is 21.7 Å². The molecule has 0 saturated carbocycles. The Kier molecular flexibility index (Phi) is 5.60. The highest BCUT2D eigenvalue weighted by atomic mass is 19.2. The van der Waals surface area contributed by atoms with Gasteiger partial charge in [0.05, 0.1) is 30.3 Å². The predicted molar refractivity (Wildman–Crippen MR) is 120 cm³/mol. The van der Waals surface area contributed by atoms with Gasteiger partial charge in [-0.2, -0.15) is 0 Å². The summed E-state index contributed by atoms with van der Waals surface area (Å²) >= 11 is 0. The number of carbonyl (C=O) groups excluding carboxylic acids is 1. The topological polar surface area (TPSA) is 93.3 Å². The molecule has 11 heteroatoms. The second-order valence-electron chi connectivity index (χ2n) is 8.40. The standard InChI is InChI=1S/C24H20F4N4O3/c1-31(24(34)19-5-11-4-14(25)17(28)8-18(11)30-19)20-9-35-10-21-22(20)12-6-15(26)16(27)7-13(12)23(33)32(21)3-2-29/h4-8,20,30H,2-3,9-10,29H2,1H3/t20-/m0/s1. The average Bonchev–Trinajstić information content (AvgIpc) is 3.24. The van der Waals surface area contributed by atoms with Crippen LogP contribution in [0.4, 0.5) is 17.6 Å². The largest absolute Gasteiger partial charge is 0.373 e. The lowest BCUT2D eigenvalue weighted by Gasteiger charge is -2.35. The Balaban J connectivity index is 1.66. The summed E-state index contributed by atoms with van der Waals surface area (Å²) in [6, 6.07) is 4.34. The number of nitrogens with two attached hydrogens (primary N) is 1. The third kappa shape index (κ3) is 3.67. The quantitative estimate of drug-likeness (QED) is 0.431. The molecule has 0 aliphatic carbocycles. The van der Waals surface area contributed by atoms with Crippen molar-refractivity contribution in [3.8, 4) is 0 Å². The van der Waals surface area contributed by atoms with Gasteiger partial charge in [-0.25, -0.2) is 17.6 Å². The molecule has 1 atom stereocenters. The molecule has 2 aromatic carbocycles. The Morgan fingerprint density at radius 3 is 2.46 bits per heavy atom. The van der Waals surface area contributed by atoms with Crippen molar-refractivity contribution in [1.29, 1.82) is 0 Å². The second kappa shape index (κ2) is 8.51. The first-order valence-electron chi connectivity index (χ1n) is 10.8. The molecular formula is C24H20F4N4O3. The number of nitrogens with one attached hydrogen (secondary N) is 1. The first-order chi connectivity index (χ1) is 16.7. The van der Waals surface area contributed by atoms with E-state index in [1.165, 1.54) is 22.6 Å². The van der Waals surface area contributed by atoms with Crippen LogP contribution in [0.3, 0.4) is 0 Å².